The van der Waals surface area contributed by atoms with Gasteiger partial charge in [-0.2, -0.15) is 10.2 Å². The number of anilines is 1. The number of nitrogen functional groups attached to an aromatic ring is 1. The van der Waals surface area contributed by atoms with Crippen LogP contribution in [0, 0.1) is 0 Å². The van der Waals surface area contributed by atoms with Crippen LogP contribution in [0.15, 0.2) is 29.6 Å². The molecule has 0 radical (unpaired) electrons. The van der Waals surface area contributed by atoms with Crippen molar-refractivity contribution in [3.8, 4) is 0 Å². The fraction of sp³-hybridized carbons (Fsp3) is 0.500. The first-order valence-electron chi connectivity index (χ1n) is 6.75. The van der Waals surface area contributed by atoms with E-state index in [1.165, 1.54) is 6.20 Å². The zero-order valence-electron chi connectivity index (χ0n) is 12.1. The Kier molecular flexibility index (Phi) is 4.63. The fourth-order valence-corrected chi connectivity index (χ4v) is 3.33. The van der Waals surface area contributed by atoms with E-state index in [0.29, 0.717) is 13.1 Å². The number of hydrogen-bond acceptors (Lipinski definition) is 5. The van der Waals surface area contributed by atoms with Crippen LogP contribution in [0.2, 0.25) is 0 Å². The maximum absolute atomic E-state index is 12.3. The monoisotopic (exact) mass is 312 g/mol. The molecule has 0 aromatic carbocycles. The zero-order valence-corrected chi connectivity index (χ0v) is 12.9. The predicted molar refractivity (Wildman–Crippen MR) is 78.9 cm³/mol. The van der Waals surface area contributed by atoms with Gasteiger partial charge in [0.2, 0.25) is 10.0 Å². The van der Waals surface area contributed by atoms with Gasteiger partial charge < -0.3 is 5.73 Å². The molecule has 116 valence electrons. The van der Waals surface area contributed by atoms with Crippen molar-refractivity contribution in [2.24, 2.45) is 0 Å². The number of sulfonamides is 1. The maximum atomic E-state index is 12.3. The molecule has 2 heterocycles. The van der Waals surface area contributed by atoms with Crippen LogP contribution in [0.3, 0.4) is 0 Å². The molecule has 0 aliphatic carbocycles. The van der Waals surface area contributed by atoms with Crippen molar-refractivity contribution in [3.63, 3.8) is 0 Å². The SMILES string of the molecule is CCCn1cc(S(=O)(=O)NC(C)Cn2cccn2)c(N)n1. The second-order valence-corrected chi connectivity index (χ2v) is 6.57. The normalized spacial score (nSPS) is 13.4. The van der Waals surface area contributed by atoms with Crippen LogP contribution in [0.1, 0.15) is 20.3 Å². The molecule has 1 unspecified atom stereocenters. The molecule has 0 aliphatic heterocycles. The van der Waals surface area contributed by atoms with Crippen LogP contribution in [-0.2, 0) is 23.1 Å². The molecule has 0 saturated carbocycles. The van der Waals surface area contributed by atoms with Gasteiger partial charge in [-0.05, 0) is 19.4 Å². The van der Waals surface area contributed by atoms with Gasteiger partial charge in [0.1, 0.15) is 4.90 Å². The minimum Gasteiger partial charge on any atom is -0.381 e. The molecule has 0 aliphatic rings. The van der Waals surface area contributed by atoms with Crippen LogP contribution < -0.4 is 10.5 Å². The van der Waals surface area contributed by atoms with Crippen LogP contribution in [0.4, 0.5) is 5.82 Å². The summed E-state index contributed by atoms with van der Waals surface area (Å²) >= 11 is 0. The van der Waals surface area contributed by atoms with Gasteiger partial charge >= 0.3 is 0 Å². The highest BCUT2D eigenvalue weighted by Gasteiger charge is 2.23. The van der Waals surface area contributed by atoms with Crippen molar-refractivity contribution in [2.45, 2.75) is 44.3 Å². The lowest BCUT2D eigenvalue weighted by Gasteiger charge is -2.13. The quantitative estimate of drug-likeness (QED) is 0.771. The fourth-order valence-electron chi connectivity index (χ4n) is 2.02. The van der Waals surface area contributed by atoms with Gasteiger partial charge in [-0.3, -0.25) is 9.36 Å². The summed E-state index contributed by atoms with van der Waals surface area (Å²) in [5.74, 6) is 0.0160. The zero-order chi connectivity index (χ0) is 15.5. The molecule has 0 amide bonds. The lowest BCUT2D eigenvalue weighted by molar-refractivity contribution is 0.494. The predicted octanol–water partition coefficient (Wildman–Crippen LogP) is 0.439. The van der Waals surface area contributed by atoms with Gasteiger partial charge in [-0.25, -0.2) is 13.1 Å². The second-order valence-electron chi connectivity index (χ2n) is 4.89. The molecule has 0 saturated heterocycles. The Morgan fingerprint density at radius 3 is 2.81 bits per heavy atom. The van der Waals surface area contributed by atoms with Gasteiger partial charge in [-0.15, -0.1) is 0 Å². The summed E-state index contributed by atoms with van der Waals surface area (Å²) in [6, 6.07) is 1.47. The van der Waals surface area contributed by atoms with E-state index in [2.05, 4.69) is 14.9 Å². The van der Waals surface area contributed by atoms with Gasteiger partial charge in [0.05, 0.1) is 6.54 Å². The van der Waals surface area contributed by atoms with Crippen molar-refractivity contribution in [1.29, 1.82) is 0 Å². The third-order valence-electron chi connectivity index (χ3n) is 2.87. The summed E-state index contributed by atoms with van der Waals surface area (Å²) in [5, 5.41) is 8.05. The Balaban J connectivity index is 2.10. The van der Waals surface area contributed by atoms with E-state index in [9.17, 15) is 8.42 Å². The molecule has 21 heavy (non-hydrogen) atoms. The number of nitrogens with two attached hydrogens (primary N) is 1. The molecule has 1 atom stereocenters. The van der Waals surface area contributed by atoms with Crippen molar-refractivity contribution >= 4 is 15.8 Å². The highest BCUT2D eigenvalue weighted by atomic mass is 32.2. The largest absolute Gasteiger partial charge is 0.381 e. The van der Waals surface area contributed by atoms with E-state index in [1.54, 1.807) is 34.7 Å². The lowest BCUT2D eigenvalue weighted by Crippen LogP contribution is -2.36. The summed E-state index contributed by atoms with van der Waals surface area (Å²) in [4.78, 5) is 0.0169. The summed E-state index contributed by atoms with van der Waals surface area (Å²) in [7, 11) is -3.69. The Morgan fingerprint density at radius 1 is 1.43 bits per heavy atom. The second kappa shape index (κ2) is 6.27. The molecule has 8 nitrogen and oxygen atoms in total. The summed E-state index contributed by atoms with van der Waals surface area (Å²) in [6.07, 6.45) is 5.73. The number of nitrogens with zero attached hydrogens (tertiary/aromatic N) is 4. The van der Waals surface area contributed by atoms with Gasteiger partial charge in [0.15, 0.2) is 5.82 Å². The van der Waals surface area contributed by atoms with E-state index >= 15 is 0 Å². The first-order valence-corrected chi connectivity index (χ1v) is 8.23. The third-order valence-corrected chi connectivity index (χ3v) is 4.48. The first-order chi connectivity index (χ1) is 9.92. The topological polar surface area (TPSA) is 108 Å². The van der Waals surface area contributed by atoms with Gasteiger partial charge in [0.25, 0.3) is 0 Å². The highest BCUT2D eigenvalue weighted by molar-refractivity contribution is 7.89. The van der Waals surface area contributed by atoms with Crippen LogP contribution in [0.5, 0.6) is 0 Å². The van der Waals surface area contributed by atoms with Gasteiger partial charge in [0, 0.05) is 31.2 Å². The summed E-state index contributed by atoms with van der Waals surface area (Å²) in [5.41, 5.74) is 5.70. The molecule has 2 aromatic heterocycles. The van der Waals surface area contributed by atoms with Crippen molar-refractivity contribution in [1.82, 2.24) is 24.3 Å². The van der Waals surface area contributed by atoms with E-state index in [4.69, 9.17) is 5.73 Å². The van der Waals surface area contributed by atoms with Crippen LogP contribution >= 0.6 is 0 Å². The number of aryl methyl sites for hydroxylation is 1. The minimum atomic E-state index is -3.69. The average molecular weight is 312 g/mol. The minimum absolute atomic E-state index is 0.0160. The van der Waals surface area contributed by atoms with Gasteiger partial charge in [-0.1, -0.05) is 6.92 Å². The van der Waals surface area contributed by atoms with Crippen molar-refractivity contribution < 1.29 is 8.42 Å². The number of aromatic nitrogens is 4. The standard InChI is InChI=1S/C12H20N6O2S/c1-3-6-18-9-11(12(13)15-18)21(19,20)16-10(2)8-17-7-4-5-14-17/h4-5,7,9-10,16H,3,6,8H2,1-2H3,(H2,13,15). The first kappa shape index (κ1) is 15.5. The molecular formula is C12H20N6O2S. The lowest BCUT2D eigenvalue weighted by atomic mass is 10.4. The summed E-state index contributed by atoms with van der Waals surface area (Å²) in [6.45, 7) is 4.82. The molecule has 0 spiro atoms. The number of hydrogen-bond donors (Lipinski definition) is 2. The Hall–Kier alpha value is -1.87. The molecule has 0 fully saturated rings. The van der Waals surface area contributed by atoms with Crippen molar-refractivity contribution in [3.05, 3.63) is 24.7 Å². The maximum Gasteiger partial charge on any atom is 0.246 e. The molecule has 3 N–H and O–H groups in total. The number of rotatable bonds is 7. The van der Waals surface area contributed by atoms with Crippen LogP contribution in [0.25, 0.3) is 0 Å². The summed E-state index contributed by atoms with van der Waals surface area (Å²) < 4.78 is 30.5. The van der Waals surface area contributed by atoms with E-state index in [0.717, 1.165) is 6.42 Å². The van der Waals surface area contributed by atoms with E-state index in [1.807, 2.05) is 6.92 Å². The Morgan fingerprint density at radius 2 is 2.19 bits per heavy atom. The van der Waals surface area contributed by atoms with E-state index < -0.39 is 10.0 Å². The van der Waals surface area contributed by atoms with Crippen molar-refractivity contribution in [2.75, 3.05) is 5.73 Å². The highest BCUT2D eigenvalue weighted by Crippen LogP contribution is 2.16. The third kappa shape index (κ3) is 3.82. The molecule has 9 heteroatoms. The molecule has 2 aromatic rings. The molecular weight excluding hydrogens is 292 g/mol. The smallest absolute Gasteiger partial charge is 0.246 e. The molecule has 0 bridgehead atoms. The molecule has 2 rings (SSSR count). The van der Waals surface area contributed by atoms with Crippen LogP contribution in [-0.4, -0.2) is 34.0 Å². The average Bonchev–Trinajstić information content (AvgIpc) is 2.99. The Bertz CT molecular complexity index is 677. The van der Waals surface area contributed by atoms with E-state index in [-0.39, 0.29) is 16.8 Å². The Labute approximate surface area is 124 Å². The number of nitrogens with one attached hydrogen (secondary N) is 1.